The van der Waals surface area contributed by atoms with Crippen LogP contribution in [-0.4, -0.2) is 27.5 Å². The molecule has 0 atom stereocenters. The van der Waals surface area contributed by atoms with Crippen molar-refractivity contribution in [1.82, 2.24) is 10.1 Å². The third kappa shape index (κ3) is 2.12. The van der Waals surface area contributed by atoms with Crippen molar-refractivity contribution in [1.29, 1.82) is 0 Å². The second kappa shape index (κ2) is 4.19. The van der Waals surface area contributed by atoms with Crippen molar-refractivity contribution in [3.8, 4) is 23.0 Å². The molecule has 2 N–H and O–H groups in total. The highest BCUT2D eigenvalue weighted by atomic mass is 16.5. The molecule has 0 aliphatic heterocycles. The van der Waals surface area contributed by atoms with Crippen molar-refractivity contribution in [3.63, 3.8) is 0 Å². The van der Waals surface area contributed by atoms with E-state index in [0.29, 0.717) is 11.4 Å². The summed E-state index contributed by atoms with van der Waals surface area (Å²) >= 11 is 0. The fourth-order valence-corrected chi connectivity index (χ4v) is 1.28. The van der Waals surface area contributed by atoms with Gasteiger partial charge in [-0.3, -0.25) is 0 Å². The summed E-state index contributed by atoms with van der Waals surface area (Å²) in [5.41, 5.74) is 0.451. The quantitative estimate of drug-likeness (QED) is 0.813. The van der Waals surface area contributed by atoms with Crippen molar-refractivity contribution in [3.05, 3.63) is 24.0 Å². The lowest BCUT2D eigenvalue weighted by molar-refractivity contribution is 0.174. The van der Waals surface area contributed by atoms with E-state index in [1.165, 1.54) is 25.3 Å². The molecule has 1 heterocycles. The maximum Gasteiger partial charge on any atom is 0.258 e. The van der Waals surface area contributed by atoms with Gasteiger partial charge in [-0.05, 0) is 12.1 Å². The number of methoxy groups -OCH3 is 1. The summed E-state index contributed by atoms with van der Waals surface area (Å²) in [6, 6.07) is 4.06. The van der Waals surface area contributed by atoms with E-state index in [2.05, 4.69) is 10.1 Å². The third-order valence-electron chi connectivity index (χ3n) is 1.89. The lowest BCUT2D eigenvalue weighted by atomic mass is 10.2. The molecule has 0 radical (unpaired) electrons. The first kappa shape index (κ1) is 10.4. The van der Waals surface area contributed by atoms with Gasteiger partial charge in [0.05, 0.1) is 0 Å². The van der Waals surface area contributed by atoms with Crippen molar-refractivity contribution < 1.29 is 19.5 Å². The lowest BCUT2D eigenvalue weighted by Gasteiger charge is -1.97. The van der Waals surface area contributed by atoms with Crippen molar-refractivity contribution >= 4 is 0 Å². The number of hydrogen-bond acceptors (Lipinski definition) is 6. The van der Waals surface area contributed by atoms with E-state index in [0.717, 1.165) is 0 Å². The number of aromatic nitrogens is 2. The molecule has 84 valence electrons. The summed E-state index contributed by atoms with van der Waals surface area (Å²) in [7, 11) is 1.52. The van der Waals surface area contributed by atoms with E-state index in [9.17, 15) is 10.2 Å². The largest absolute Gasteiger partial charge is 0.508 e. The van der Waals surface area contributed by atoms with Crippen LogP contribution >= 0.6 is 0 Å². The molecule has 0 bridgehead atoms. The highest BCUT2D eigenvalue weighted by Crippen LogP contribution is 2.27. The number of hydrogen-bond donors (Lipinski definition) is 2. The second-order valence-corrected chi connectivity index (χ2v) is 3.19. The normalized spacial score (nSPS) is 10.6. The predicted octanol–water partition coefficient (Wildman–Crippen LogP) is 1.29. The zero-order valence-corrected chi connectivity index (χ0v) is 8.54. The molecule has 2 aromatic rings. The van der Waals surface area contributed by atoms with Gasteiger partial charge in [-0.2, -0.15) is 4.98 Å². The molecule has 0 saturated heterocycles. The maximum atomic E-state index is 9.29. The van der Waals surface area contributed by atoms with Gasteiger partial charge in [0.15, 0.2) is 5.82 Å². The predicted molar refractivity (Wildman–Crippen MR) is 53.8 cm³/mol. The number of benzene rings is 1. The Hall–Kier alpha value is -2.08. The lowest BCUT2D eigenvalue weighted by Crippen LogP contribution is -1.89. The molecule has 0 saturated carbocycles. The number of rotatable bonds is 3. The minimum Gasteiger partial charge on any atom is -0.508 e. The van der Waals surface area contributed by atoms with Crippen LogP contribution in [0.4, 0.5) is 0 Å². The van der Waals surface area contributed by atoms with Gasteiger partial charge in [-0.25, -0.2) is 0 Å². The van der Waals surface area contributed by atoms with Crippen LogP contribution in [0.1, 0.15) is 5.82 Å². The summed E-state index contributed by atoms with van der Waals surface area (Å²) in [6.45, 7) is 0.244. The van der Waals surface area contributed by atoms with Crippen LogP contribution in [0, 0.1) is 0 Å². The van der Waals surface area contributed by atoms with E-state index >= 15 is 0 Å². The number of phenolic OH excluding ortho intramolecular Hbond substituents is 2. The number of nitrogens with zero attached hydrogens (tertiary/aromatic N) is 2. The minimum atomic E-state index is -0.0681. The number of phenols is 2. The smallest absolute Gasteiger partial charge is 0.258 e. The Bertz CT molecular complexity index is 475. The topological polar surface area (TPSA) is 88.6 Å². The standard InChI is InChI=1S/C10H10N2O4/c1-15-5-9-11-10(16-12-9)6-2-7(13)4-8(14)3-6/h2-4,13-14H,5H2,1H3. The first-order chi connectivity index (χ1) is 7.69. The van der Waals surface area contributed by atoms with Crippen LogP contribution in [-0.2, 0) is 11.3 Å². The molecular formula is C10H10N2O4. The fourth-order valence-electron chi connectivity index (χ4n) is 1.28. The molecular weight excluding hydrogens is 212 g/mol. The highest BCUT2D eigenvalue weighted by Gasteiger charge is 2.10. The molecule has 1 aromatic carbocycles. The van der Waals surface area contributed by atoms with Crippen molar-refractivity contribution in [2.45, 2.75) is 6.61 Å². The first-order valence-corrected chi connectivity index (χ1v) is 4.54. The van der Waals surface area contributed by atoms with E-state index < -0.39 is 0 Å². The van der Waals surface area contributed by atoms with Gasteiger partial charge in [-0.1, -0.05) is 5.16 Å². The minimum absolute atomic E-state index is 0.0681. The maximum absolute atomic E-state index is 9.29. The average Bonchev–Trinajstić information content (AvgIpc) is 2.65. The van der Waals surface area contributed by atoms with E-state index in [1.807, 2.05) is 0 Å². The Morgan fingerprint density at radius 2 is 1.94 bits per heavy atom. The molecule has 0 spiro atoms. The van der Waals surface area contributed by atoms with Gasteiger partial charge in [0.25, 0.3) is 5.89 Å². The van der Waals surface area contributed by atoms with Gasteiger partial charge in [0.2, 0.25) is 0 Å². The van der Waals surface area contributed by atoms with E-state index in [-0.39, 0.29) is 24.0 Å². The van der Waals surface area contributed by atoms with Crippen molar-refractivity contribution in [2.24, 2.45) is 0 Å². The van der Waals surface area contributed by atoms with Gasteiger partial charge >= 0.3 is 0 Å². The molecule has 1 aromatic heterocycles. The molecule has 0 unspecified atom stereocenters. The summed E-state index contributed by atoms with van der Waals surface area (Å²) in [5, 5.41) is 22.2. The molecule has 6 heteroatoms. The van der Waals surface area contributed by atoms with Gasteiger partial charge in [0.1, 0.15) is 18.1 Å². The fraction of sp³-hybridized carbons (Fsp3) is 0.200. The number of ether oxygens (including phenoxy) is 1. The van der Waals surface area contributed by atoms with E-state index in [4.69, 9.17) is 9.26 Å². The molecule has 6 nitrogen and oxygen atoms in total. The first-order valence-electron chi connectivity index (χ1n) is 4.54. The van der Waals surface area contributed by atoms with Crippen LogP contribution in [0.25, 0.3) is 11.5 Å². The summed E-state index contributed by atoms with van der Waals surface area (Å²) < 4.78 is 9.79. The van der Waals surface area contributed by atoms with Crippen molar-refractivity contribution in [2.75, 3.05) is 7.11 Å². The average molecular weight is 222 g/mol. The van der Waals surface area contributed by atoms with Crippen LogP contribution in [0.3, 0.4) is 0 Å². The Balaban J connectivity index is 2.34. The summed E-state index contributed by atoms with van der Waals surface area (Å²) in [4.78, 5) is 4.03. The zero-order valence-electron chi connectivity index (χ0n) is 8.54. The van der Waals surface area contributed by atoms with E-state index in [1.54, 1.807) is 0 Å². The molecule has 2 rings (SSSR count). The molecule has 16 heavy (non-hydrogen) atoms. The Labute approximate surface area is 91.1 Å². The zero-order chi connectivity index (χ0) is 11.5. The molecule has 0 fully saturated rings. The van der Waals surface area contributed by atoms with Crippen LogP contribution in [0.5, 0.6) is 11.5 Å². The van der Waals surface area contributed by atoms with Crippen LogP contribution in [0.2, 0.25) is 0 Å². The Morgan fingerprint density at radius 3 is 2.56 bits per heavy atom. The summed E-state index contributed by atoms with van der Waals surface area (Å²) in [5.74, 6) is 0.488. The molecule has 0 aliphatic carbocycles. The van der Waals surface area contributed by atoms with Gasteiger partial charge in [0, 0.05) is 18.7 Å². The number of aromatic hydroxyl groups is 2. The van der Waals surface area contributed by atoms with Gasteiger partial charge in [-0.15, -0.1) is 0 Å². The molecule has 0 amide bonds. The summed E-state index contributed by atoms with van der Waals surface area (Å²) in [6.07, 6.45) is 0. The SMILES string of the molecule is COCc1noc(-c2cc(O)cc(O)c2)n1. The van der Waals surface area contributed by atoms with Crippen LogP contribution in [0.15, 0.2) is 22.7 Å². The molecule has 0 aliphatic rings. The monoisotopic (exact) mass is 222 g/mol. The highest BCUT2D eigenvalue weighted by molar-refractivity contribution is 5.58. The Morgan fingerprint density at radius 1 is 1.25 bits per heavy atom. The Kier molecular flexibility index (Phi) is 2.74. The van der Waals surface area contributed by atoms with Crippen LogP contribution < -0.4 is 0 Å². The second-order valence-electron chi connectivity index (χ2n) is 3.19. The van der Waals surface area contributed by atoms with Gasteiger partial charge < -0.3 is 19.5 Å². The third-order valence-corrected chi connectivity index (χ3v) is 1.89.